The van der Waals surface area contributed by atoms with Crippen LogP contribution in [0.5, 0.6) is 0 Å². The molecule has 1 aromatic rings. The van der Waals surface area contributed by atoms with Crippen molar-refractivity contribution in [3.05, 3.63) is 30.1 Å². The molecule has 15 heavy (non-hydrogen) atoms. The Kier molecular flexibility index (Phi) is 2.68. The van der Waals surface area contributed by atoms with Gasteiger partial charge in [0.05, 0.1) is 11.2 Å². The Morgan fingerprint density at radius 1 is 1.60 bits per heavy atom. The first kappa shape index (κ1) is 10.1. The van der Waals surface area contributed by atoms with Crippen molar-refractivity contribution in [2.45, 2.75) is 24.9 Å². The van der Waals surface area contributed by atoms with Gasteiger partial charge in [-0.2, -0.15) is 0 Å². The Balaban J connectivity index is 1.88. The fourth-order valence-corrected chi connectivity index (χ4v) is 1.61. The molecule has 1 aromatic heterocycles. The third-order valence-electron chi connectivity index (χ3n) is 2.79. The lowest BCUT2D eigenvalue weighted by molar-refractivity contribution is -0.0300. The van der Waals surface area contributed by atoms with E-state index in [0.29, 0.717) is 12.1 Å². The van der Waals surface area contributed by atoms with Crippen molar-refractivity contribution < 1.29 is 9.90 Å². The minimum atomic E-state index is -0.669. The fraction of sp³-hybridized carbons (Fsp3) is 0.455. The number of rotatable bonds is 3. The summed E-state index contributed by atoms with van der Waals surface area (Å²) in [7, 11) is 0. The summed E-state index contributed by atoms with van der Waals surface area (Å²) in [6.07, 6.45) is 5.73. The molecule has 0 unspecified atom stereocenters. The third kappa shape index (κ3) is 2.33. The molecule has 2 rings (SSSR count). The molecule has 1 saturated carbocycles. The van der Waals surface area contributed by atoms with Crippen molar-refractivity contribution >= 4 is 5.91 Å². The van der Waals surface area contributed by atoms with Gasteiger partial charge in [-0.25, -0.2) is 0 Å². The summed E-state index contributed by atoms with van der Waals surface area (Å²) >= 11 is 0. The Bertz CT molecular complexity index is 347. The summed E-state index contributed by atoms with van der Waals surface area (Å²) in [5.41, 5.74) is -0.141. The van der Waals surface area contributed by atoms with Gasteiger partial charge >= 0.3 is 0 Å². The number of pyridine rings is 1. The molecule has 0 aliphatic heterocycles. The number of aliphatic hydroxyl groups is 1. The van der Waals surface area contributed by atoms with Crippen LogP contribution in [0.4, 0.5) is 0 Å². The smallest absolute Gasteiger partial charge is 0.252 e. The Labute approximate surface area is 88.3 Å². The molecular formula is C11H14N2O2. The number of aromatic nitrogens is 1. The van der Waals surface area contributed by atoms with Gasteiger partial charge in [-0.3, -0.25) is 9.78 Å². The average Bonchev–Trinajstić information content (AvgIpc) is 2.24. The zero-order valence-corrected chi connectivity index (χ0v) is 8.44. The predicted octanol–water partition coefficient (Wildman–Crippen LogP) is 0.726. The average molecular weight is 206 g/mol. The molecule has 1 aliphatic rings. The summed E-state index contributed by atoms with van der Waals surface area (Å²) in [5, 5.41) is 12.5. The maximum Gasteiger partial charge on any atom is 0.252 e. The lowest BCUT2D eigenvalue weighted by atomic mass is 9.80. The third-order valence-corrected chi connectivity index (χ3v) is 2.79. The van der Waals surface area contributed by atoms with E-state index in [-0.39, 0.29) is 5.91 Å². The van der Waals surface area contributed by atoms with Crippen LogP contribution < -0.4 is 5.32 Å². The number of nitrogens with zero attached hydrogens (tertiary/aromatic N) is 1. The van der Waals surface area contributed by atoms with E-state index in [0.717, 1.165) is 19.3 Å². The molecule has 1 heterocycles. The Morgan fingerprint density at radius 3 is 2.93 bits per heavy atom. The highest BCUT2D eigenvalue weighted by Gasteiger charge is 2.34. The van der Waals surface area contributed by atoms with Crippen LogP contribution in [0.3, 0.4) is 0 Å². The van der Waals surface area contributed by atoms with E-state index in [1.807, 2.05) is 0 Å². The number of nitrogens with one attached hydrogen (secondary N) is 1. The second-order valence-electron chi connectivity index (χ2n) is 4.00. The van der Waals surface area contributed by atoms with E-state index < -0.39 is 5.60 Å². The molecule has 0 saturated heterocycles. The van der Waals surface area contributed by atoms with E-state index in [1.54, 1.807) is 18.3 Å². The predicted molar refractivity (Wildman–Crippen MR) is 55.4 cm³/mol. The van der Waals surface area contributed by atoms with Crippen molar-refractivity contribution in [2.75, 3.05) is 6.54 Å². The number of hydrogen-bond donors (Lipinski definition) is 2. The van der Waals surface area contributed by atoms with E-state index in [9.17, 15) is 9.90 Å². The number of carbonyl (C=O) groups is 1. The normalized spacial score (nSPS) is 17.9. The monoisotopic (exact) mass is 206 g/mol. The van der Waals surface area contributed by atoms with Crippen LogP contribution in [-0.4, -0.2) is 28.1 Å². The van der Waals surface area contributed by atoms with Crippen molar-refractivity contribution in [3.8, 4) is 0 Å². The molecule has 1 fully saturated rings. The molecule has 4 nitrogen and oxygen atoms in total. The first-order valence-electron chi connectivity index (χ1n) is 5.10. The van der Waals surface area contributed by atoms with Crippen molar-refractivity contribution in [1.82, 2.24) is 10.3 Å². The molecule has 0 spiro atoms. The largest absolute Gasteiger partial charge is 0.388 e. The van der Waals surface area contributed by atoms with Crippen molar-refractivity contribution in [2.24, 2.45) is 0 Å². The highest BCUT2D eigenvalue weighted by Crippen LogP contribution is 2.30. The molecule has 0 atom stereocenters. The van der Waals surface area contributed by atoms with Gasteiger partial charge in [-0.15, -0.1) is 0 Å². The first-order valence-corrected chi connectivity index (χ1v) is 5.10. The summed E-state index contributed by atoms with van der Waals surface area (Å²) in [4.78, 5) is 15.4. The number of amides is 1. The lowest BCUT2D eigenvalue weighted by Crippen LogP contribution is -2.47. The minimum Gasteiger partial charge on any atom is -0.388 e. The van der Waals surface area contributed by atoms with Gasteiger partial charge in [0.25, 0.3) is 5.91 Å². The second kappa shape index (κ2) is 3.98. The molecule has 2 N–H and O–H groups in total. The van der Waals surface area contributed by atoms with E-state index >= 15 is 0 Å². The maximum atomic E-state index is 11.6. The first-order chi connectivity index (χ1) is 7.20. The SMILES string of the molecule is O=C(NCC1(O)CCC1)c1cccnc1. The number of carbonyl (C=O) groups excluding carboxylic acids is 1. The standard InChI is InChI=1S/C11H14N2O2/c14-10(9-3-1-6-12-7-9)13-8-11(15)4-2-5-11/h1,3,6-7,15H,2,4-5,8H2,(H,13,14). The summed E-state index contributed by atoms with van der Waals surface area (Å²) in [6, 6.07) is 3.42. The van der Waals surface area contributed by atoms with Crippen LogP contribution >= 0.6 is 0 Å². The maximum absolute atomic E-state index is 11.6. The van der Waals surface area contributed by atoms with Gasteiger partial charge in [0.15, 0.2) is 0 Å². The molecule has 0 bridgehead atoms. The molecule has 80 valence electrons. The molecule has 1 aliphatic carbocycles. The van der Waals surface area contributed by atoms with Gasteiger partial charge in [0.1, 0.15) is 0 Å². The summed E-state index contributed by atoms with van der Waals surface area (Å²) in [5.74, 6) is -0.177. The van der Waals surface area contributed by atoms with Crippen molar-refractivity contribution in [1.29, 1.82) is 0 Å². The summed E-state index contributed by atoms with van der Waals surface area (Å²) < 4.78 is 0. The van der Waals surface area contributed by atoms with Gasteiger partial charge < -0.3 is 10.4 Å². The van der Waals surface area contributed by atoms with Crippen molar-refractivity contribution in [3.63, 3.8) is 0 Å². The highest BCUT2D eigenvalue weighted by molar-refractivity contribution is 5.93. The molecule has 1 amide bonds. The van der Waals surface area contributed by atoms with E-state index in [4.69, 9.17) is 0 Å². The van der Waals surface area contributed by atoms with Crippen LogP contribution in [0, 0.1) is 0 Å². The van der Waals surface area contributed by atoms with E-state index in [1.165, 1.54) is 6.20 Å². The van der Waals surface area contributed by atoms with Crippen LogP contribution in [0.2, 0.25) is 0 Å². The molecular weight excluding hydrogens is 192 g/mol. The van der Waals surface area contributed by atoms with Crippen LogP contribution in [0.25, 0.3) is 0 Å². The van der Waals surface area contributed by atoms with Crippen LogP contribution in [0.15, 0.2) is 24.5 Å². The summed E-state index contributed by atoms with van der Waals surface area (Å²) in [6.45, 7) is 0.334. The Hall–Kier alpha value is -1.42. The zero-order valence-electron chi connectivity index (χ0n) is 8.44. The zero-order chi connectivity index (χ0) is 10.7. The molecule has 0 radical (unpaired) electrons. The highest BCUT2D eigenvalue weighted by atomic mass is 16.3. The fourth-order valence-electron chi connectivity index (χ4n) is 1.61. The quantitative estimate of drug-likeness (QED) is 0.766. The van der Waals surface area contributed by atoms with Gasteiger partial charge in [-0.05, 0) is 31.4 Å². The topological polar surface area (TPSA) is 62.2 Å². The van der Waals surface area contributed by atoms with Gasteiger partial charge in [0, 0.05) is 18.9 Å². The van der Waals surface area contributed by atoms with Gasteiger partial charge in [-0.1, -0.05) is 0 Å². The lowest BCUT2D eigenvalue weighted by Gasteiger charge is -2.36. The number of hydrogen-bond acceptors (Lipinski definition) is 3. The molecule has 4 heteroatoms. The minimum absolute atomic E-state index is 0.177. The van der Waals surface area contributed by atoms with Crippen LogP contribution in [0.1, 0.15) is 29.6 Å². The molecule has 0 aromatic carbocycles. The Morgan fingerprint density at radius 2 is 2.40 bits per heavy atom. The van der Waals surface area contributed by atoms with Crippen LogP contribution in [-0.2, 0) is 0 Å². The second-order valence-corrected chi connectivity index (χ2v) is 4.00. The van der Waals surface area contributed by atoms with E-state index in [2.05, 4.69) is 10.3 Å². The van der Waals surface area contributed by atoms with Gasteiger partial charge in [0.2, 0.25) is 0 Å².